The Balaban J connectivity index is 1.00. The summed E-state index contributed by atoms with van der Waals surface area (Å²) < 4.78 is 28.5. The Labute approximate surface area is 237 Å². The minimum Gasteiger partial charge on any atom is -0.388 e. The first kappa shape index (κ1) is 30.4. The van der Waals surface area contributed by atoms with Gasteiger partial charge in [-0.1, -0.05) is 6.92 Å². The monoisotopic (exact) mass is 584 g/mol. The van der Waals surface area contributed by atoms with Crippen LogP contribution in [0, 0.1) is 5.92 Å². The number of rotatable bonds is 13. The lowest BCUT2D eigenvalue weighted by molar-refractivity contribution is -0.257. The molecule has 5 aliphatic rings. The molecule has 0 radical (unpaired) electrons. The Morgan fingerprint density at radius 1 is 0.927 bits per heavy atom. The van der Waals surface area contributed by atoms with Crippen molar-refractivity contribution < 1.29 is 53.1 Å². The first-order valence-corrected chi connectivity index (χ1v) is 14.3. The van der Waals surface area contributed by atoms with Crippen LogP contribution in [0.5, 0.6) is 0 Å². The molecule has 15 nitrogen and oxygen atoms in total. The number of hydrogen-bond donors (Lipinski definition) is 3. The van der Waals surface area contributed by atoms with Crippen molar-refractivity contribution in [1.29, 1.82) is 0 Å². The van der Waals surface area contributed by atoms with Crippen molar-refractivity contribution in [3.63, 3.8) is 0 Å². The number of imide groups is 2. The second-order valence-corrected chi connectivity index (χ2v) is 11.2. The largest absolute Gasteiger partial charge is 0.388 e. The molecule has 15 heteroatoms. The summed E-state index contributed by atoms with van der Waals surface area (Å²) in [7, 11) is 0. The third-order valence-corrected chi connectivity index (χ3v) is 8.40. The molecule has 5 saturated heterocycles. The molecule has 5 heterocycles. The molecule has 4 amide bonds. The molecule has 5 aliphatic heterocycles. The molecule has 2 unspecified atom stereocenters. The lowest BCUT2D eigenvalue weighted by Crippen LogP contribution is -2.68. The van der Waals surface area contributed by atoms with E-state index in [0.29, 0.717) is 13.1 Å². The highest BCUT2D eigenvalue weighted by Crippen LogP contribution is 2.39. The number of piperazine rings is 1. The number of nitrogens with zero attached hydrogens (tertiary/aromatic N) is 3. The van der Waals surface area contributed by atoms with Crippen LogP contribution in [0.3, 0.4) is 0 Å². The number of aliphatic hydroxyl groups excluding tert-OH is 2. The van der Waals surface area contributed by atoms with Gasteiger partial charge >= 0.3 is 0 Å². The summed E-state index contributed by atoms with van der Waals surface area (Å²) in [6, 6.07) is -0.513. The van der Waals surface area contributed by atoms with Crippen molar-refractivity contribution in [1.82, 2.24) is 20.0 Å². The average Bonchev–Trinajstić information content (AvgIpc) is 3.56. The molecule has 5 rings (SSSR count). The molecule has 41 heavy (non-hydrogen) atoms. The van der Waals surface area contributed by atoms with Gasteiger partial charge in [0.15, 0.2) is 6.29 Å². The van der Waals surface area contributed by atoms with Crippen molar-refractivity contribution in [3.8, 4) is 0 Å². The highest BCUT2D eigenvalue weighted by Gasteiger charge is 2.61. The molecule has 7 atom stereocenters. The molecular weight excluding hydrogens is 544 g/mol. The van der Waals surface area contributed by atoms with E-state index in [1.54, 1.807) is 6.92 Å². The lowest BCUT2D eigenvalue weighted by atomic mass is 9.87. The minimum atomic E-state index is -1.33. The maximum Gasteiger partial charge on any atom is 0.258 e. The molecule has 0 aromatic carbocycles. The Morgan fingerprint density at radius 3 is 2.20 bits per heavy atom. The Morgan fingerprint density at radius 2 is 1.56 bits per heavy atom. The standard InChI is InChI=1S/C26H40N4O11/c1-16-12-18(31)29(23(16)35)6-8-37-10-11-38-9-7-30-19(32)13-17(24(30)36)39-14-26-15-40-25(41-26)20(21(33)22(26)34)28-4-2-27-3-5-28/h16-17,20-22,25,27,33-34H,2-15H2,1H3/t16?,17?,20-,21+,22+,25-,26-/m0/s1. The zero-order chi connectivity index (χ0) is 29.1. The number of aliphatic hydroxyl groups is 2. The van der Waals surface area contributed by atoms with E-state index in [4.69, 9.17) is 23.7 Å². The van der Waals surface area contributed by atoms with E-state index in [2.05, 4.69) is 5.32 Å². The average molecular weight is 585 g/mol. The van der Waals surface area contributed by atoms with Crippen molar-refractivity contribution in [2.75, 3.05) is 78.9 Å². The Hall–Kier alpha value is -2.08. The quantitative estimate of drug-likeness (QED) is 0.145. The molecule has 0 spiro atoms. The van der Waals surface area contributed by atoms with Crippen LogP contribution >= 0.6 is 0 Å². The predicted octanol–water partition coefficient (Wildman–Crippen LogP) is -3.32. The summed E-state index contributed by atoms with van der Waals surface area (Å²) in [5.41, 5.74) is -1.33. The van der Waals surface area contributed by atoms with E-state index in [-0.39, 0.29) is 83.3 Å². The zero-order valence-corrected chi connectivity index (χ0v) is 23.3. The van der Waals surface area contributed by atoms with Crippen molar-refractivity contribution in [3.05, 3.63) is 0 Å². The smallest absolute Gasteiger partial charge is 0.258 e. The van der Waals surface area contributed by atoms with Crippen LogP contribution in [0.4, 0.5) is 0 Å². The molecule has 5 fully saturated rings. The van der Waals surface area contributed by atoms with Gasteiger partial charge in [-0.05, 0) is 0 Å². The molecule has 0 saturated carbocycles. The summed E-state index contributed by atoms with van der Waals surface area (Å²) in [6.07, 6.45) is -4.09. The lowest BCUT2D eigenvalue weighted by Gasteiger charge is -2.47. The van der Waals surface area contributed by atoms with Gasteiger partial charge in [0, 0.05) is 38.5 Å². The van der Waals surface area contributed by atoms with E-state index < -0.39 is 48.1 Å². The number of nitrogens with one attached hydrogen (secondary N) is 1. The maximum atomic E-state index is 12.8. The summed E-state index contributed by atoms with van der Waals surface area (Å²) in [5.74, 6) is -1.55. The molecular formula is C26H40N4O11. The zero-order valence-electron chi connectivity index (χ0n) is 23.3. The van der Waals surface area contributed by atoms with Gasteiger partial charge in [0.05, 0.1) is 65.2 Å². The van der Waals surface area contributed by atoms with Crippen LogP contribution in [-0.2, 0) is 42.9 Å². The highest BCUT2D eigenvalue weighted by atomic mass is 16.8. The Bertz CT molecular complexity index is 994. The van der Waals surface area contributed by atoms with Gasteiger partial charge in [0.25, 0.3) is 5.91 Å². The van der Waals surface area contributed by atoms with Gasteiger partial charge in [-0.3, -0.25) is 33.9 Å². The fourth-order valence-electron chi connectivity index (χ4n) is 6.01. The number of fused-ring (bicyclic) bond motifs is 2. The van der Waals surface area contributed by atoms with E-state index in [1.165, 1.54) is 4.90 Å². The summed E-state index contributed by atoms with van der Waals surface area (Å²) in [6.45, 7) is 5.41. The number of carbonyl (C=O) groups is 4. The number of amides is 4. The molecule has 0 aromatic heterocycles. The van der Waals surface area contributed by atoms with Gasteiger partial charge in [-0.2, -0.15) is 0 Å². The first-order valence-electron chi connectivity index (χ1n) is 14.3. The second-order valence-electron chi connectivity index (χ2n) is 11.2. The van der Waals surface area contributed by atoms with Crippen LogP contribution < -0.4 is 5.32 Å². The molecule has 0 aliphatic carbocycles. The van der Waals surface area contributed by atoms with E-state index in [1.807, 2.05) is 4.90 Å². The van der Waals surface area contributed by atoms with Gasteiger partial charge in [-0.25, -0.2) is 0 Å². The van der Waals surface area contributed by atoms with E-state index in [0.717, 1.165) is 18.0 Å². The molecule has 3 N–H and O–H groups in total. The Kier molecular flexibility index (Phi) is 9.67. The summed E-state index contributed by atoms with van der Waals surface area (Å²) in [5, 5.41) is 25.1. The fraction of sp³-hybridized carbons (Fsp3) is 0.846. The van der Waals surface area contributed by atoms with Gasteiger partial charge in [0.2, 0.25) is 17.7 Å². The molecule has 230 valence electrons. The SMILES string of the molecule is CC1CC(=O)N(CCOCCOCCN2C(=O)CC(OC[C@@]34CO[C@@H](O3)[C@@H](N3CCNCC3)[C@@H](O)[C@H]4O)C2=O)C1=O. The maximum absolute atomic E-state index is 12.8. The first-order chi connectivity index (χ1) is 19.7. The summed E-state index contributed by atoms with van der Waals surface area (Å²) in [4.78, 5) is 53.3. The highest BCUT2D eigenvalue weighted by molar-refractivity contribution is 6.05. The number of ether oxygens (including phenoxy) is 5. The van der Waals surface area contributed by atoms with Gasteiger partial charge < -0.3 is 39.2 Å². The van der Waals surface area contributed by atoms with Gasteiger partial charge in [0.1, 0.15) is 23.9 Å². The van der Waals surface area contributed by atoms with Crippen LogP contribution in [0.1, 0.15) is 19.8 Å². The van der Waals surface area contributed by atoms with Gasteiger partial charge in [-0.15, -0.1) is 0 Å². The van der Waals surface area contributed by atoms with Crippen molar-refractivity contribution in [2.24, 2.45) is 5.92 Å². The number of carbonyl (C=O) groups excluding carboxylic acids is 4. The van der Waals surface area contributed by atoms with Crippen LogP contribution in [0.25, 0.3) is 0 Å². The molecule has 2 bridgehead atoms. The van der Waals surface area contributed by atoms with E-state index >= 15 is 0 Å². The van der Waals surface area contributed by atoms with E-state index in [9.17, 15) is 29.4 Å². The normalized spacial score (nSPS) is 36.3. The molecule has 0 aromatic rings. The fourth-order valence-corrected chi connectivity index (χ4v) is 6.01. The van der Waals surface area contributed by atoms with Crippen LogP contribution in [0.2, 0.25) is 0 Å². The topological polar surface area (TPSA) is 177 Å². The van der Waals surface area contributed by atoms with Crippen LogP contribution in [-0.4, -0.2) is 164 Å². The number of hydrogen-bond acceptors (Lipinski definition) is 13. The third-order valence-electron chi connectivity index (χ3n) is 8.40. The van der Waals surface area contributed by atoms with Crippen molar-refractivity contribution >= 4 is 23.6 Å². The van der Waals surface area contributed by atoms with Crippen LogP contribution in [0.15, 0.2) is 0 Å². The summed E-state index contributed by atoms with van der Waals surface area (Å²) >= 11 is 0. The second kappa shape index (κ2) is 13.1. The van der Waals surface area contributed by atoms with Crippen molar-refractivity contribution in [2.45, 2.75) is 56.0 Å². The third kappa shape index (κ3) is 6.33. The number of likely N-dealkylation sites (tertiary alicyclic amines) is 2. The predicted molar refractivity (Wildman–Crippen MR) is 137 cm³/mol. The minimum absolute atomic E-state index is 0.00324.